The van der Waals surface area contributed by atoms with Crippen molar-refractivity contribution in [2.45, 2.75) is 32.5 Å². The lowest BCUT2D eigenvalue weighted by Crippen LogP contribution is -2.43. The number of carbonyl (C=O) groups excluding carboxylic acids is 1. The number of rotatable bonds is 7. The maximum atomic E-state index is 12.6. The molecular weight excluding hydrogens is 336 g/mol. The molecule has 0 saturated carbocycles. The highest BCUT2D eigenvalue weighted by Crippen LogP contribution is 2.13. The molecule has 0 aliphatic heterocycles. The molecule has 0 fully saturated rings. The van der Waals surface area contributed by atoms with Crippen molar-refractivity contribution in [1.82, 2.24) is 20.0 Å². The molecule has 5 heteroatoms. The van der Waals surface area contributed by atoms with Gasteiger partial charge in [-0.15, -0.1) is 0 Å². The first-order valence-electron chi connectivity index (χ1n) is 9.19. The minimum atomic E-state index is -0.240. The molecule has 3 aromatic rings. The van der Waals surface area contributed by atoms with Gasteiger partial charge < -0.3 is 5.32 Å². The van der Waals surface area contributed by atoms with E-state index in [9.17, 15) is 4.79 Å². The lowest BCUT2D eigenvalue weighted by molar-refractivity contribution is -0.126. The number of benzene rings is 2. The van der Waals surface area contributed by atoms with Crippen molar-refractivity contribution in [2.75, 3.05) is 7.05 Å². The zero-order chi connectivity index (χ0) is 19.2. The Balaban J connectivity index is 1.58. The average Bonchev–Trinajstić information content (AvgIpc) is 3.17. The summed E-state index contributed by atoms with van der Waals surface area (Å²) in [5, 5.41) is 7.51. The van der Waals surface area contributed by atoms with Gasteiger partial charge in [-0.05, 0) is 38.6 Å². The van der Waals surface area contributed by atoms with E-state index in [0.717, 1.165) is 16.8 Å². The predicted molar refractivity (Wildman–Crippen MR) is 107 cm³/mol. The number of hydrogen-bond donors (Lipinski definition) is 1. The summed E-state index contributed by atoms with van der Waals surface area (Å²) >= 11 is 0. The molecule has 0 saturated heterocycles. The van der Waals surface area contributed by atoms with E-state index >= 15 is 0 Å². The van der Waals surface area contributed by atoms with E-state index in [1.807, 2.05) is 104 Å². The van der Waals surface area contributed by atoms with Crippen LogP contribution >= 0.6 is 0 Å². The maximum Gasteiger partial charge on any atom is 0.237 e. The van der Waals surface area contributed by atoms with Crippen LogP contribution in [0.4, 0.5) is 0 Å². The fraction of sp³-hybridized carbons (Fsp3) is 0.273. The molecule has 140 valence electrons. The molecule has 0 aliphatic carbocycles. The Labute approximate surface area is 160 Å². The molecule has 27 heavy (non-hydrogen) atoms. The Hall–Kier alpha value is -2.92. The molecule has 1 N–H and O–H groups in total. The van der Waals surface area contributed by atoms with Crippen molar-refractivity contribution in [2.24, 2.45) is 0 Å². The smallest absolute Gasteiger partial charge is 0.237 e. The van der Waals surface area contributed by atoms with Crippen LogP contribution in [0.15, 0.2) is 73.1 Å². The van der Waals surface area contributed by atoms with Crippen LogP contribution in [0.3, 0.4) is 0 Å². The number of hydrogen-bond acceptors (Lipinski definition) is 3. The van der Waals surface area contributed by atoms with E-state index in [0.29, 0.717) is 6.54 Å². The van der Waals surface area contributed by atoms with Crippen LogP contribution in [-0.2, 0) is 11.3 Å². The van der Waals surface area contributed by atoms with Crippen molar-refractivity contribution in [1.29, 1.82) is 0 Å². The highest BCUT2D eigenvalue weighted by molar-refractivity contribution is 5.81. The Morgan fingerprint density at radius 2 is 1.70 bits per heavy atom. The maximum absolute atomic E-state index is 12.6. The third-order valence-corrected chi connectivity index (χ3v) is 4.79. The molecule has 0 radical (unpaired) electrons. The molecule has 2 unspecified atom stereocenters. The number of nitrogens with one attached hydrogen (secondary N) is 1. The summed E-state index contributed by atoms with van der Waals surface area (Å²) in [6, 6.07) is 19.7. The predicted octanol–water partition coefficient (Wildman–Crippen LogP) is 3.57. The second-order valence-corrected chi connectivity index (χ2v) is 6.86. The largest absolute Gasteiger partial charge is 0.348 e. The van der Waals surface area contributed by atoms with Crippen molar-refractivity contribution >= 4 is 5.91 Å². The molecule has 0 bridgehead atoms. The van der Waals surface area contributed by atoms with E-state index in [1.165, 1.54) is 0 Å². The van der Waals surface area contributed by atoms with Gasteiger partial charge in [-0.25, -0.2) is 4.68 Å². The molecule has 1 amide bonds. The molecule has 3 rings (SSSR count). The van der Waals surface area contributed by atoms with E-state index in [4.69, 9.17) is 0 Å². The zero-order valence-electron chi connectivity index (χ0n) is 16.0. The summed E-state index contributed by atoms with van der Waals surface area (Å²) in [6.07, 6.45) is 3.85. The van der Waals surface area contributed by atoms with Crippen molar-refractivity contribution in [3.63, 3.8) is 0 Å². The van der Waals surface area contributed by atoms with E-state index in [2.05, 4.69) is 10.4 Å². The Morgan fingerprint density at radius 1 is 1.07 bits per heavy atom. The highest BCUT2D eigenvalue weighted by atomic mass is 16.2. The summed E-state index contributed by atoms with van der Waals surface area (Å²) in [4.78, 5) is 14.6. The zero-order valence-corrected chi connectivity index (χ0v) is 16.0. The third-order valence-electron chi connectivity index (χ3n) is 4.79. The standard InChI is InChI=1S/C22H26N4O/c1-17(20-10-6-4-7-11-20)24-22(27)18(2)25(3)15-19-14-23-26(16-19)21-12-8-5-9-13-21/h4-14,16-18H,15H2,1-3H3,(H,24,27). The number of para-hydroxylation sites is 1. The van der Waals surface area contributed by atoms with Gasteiger partial charge in [0.2, 0.25) is 5.91 Å². The topological polar surface area (TPSA) is 50.2 Å². The van der Waals surface area contributed by atoms with Gasteiger partial charge in [-0.1, -0.05) is 48.5 Å². The number of aromatic nitrogens is 2. The normalized spacial score (nSPS) is 13.3. The first-order valence-corrected chi connectivity index (χ1v) is 9.19. The molecule has 1 aromatic heterocycles. The van der Waals surface area contributed by atoms with Gasteiger partial charge in [0, 0.05) is 18.3 Å². The molecule has 0 aliphatic rings. The van der Waals surface area contributed by atoms with Crippen molar-refractivity contribution < 1.29 is 4.79 Å². The third kappa shape index (κ3) is 4.83. The fourth-order valence-electron chi connectivity index (χ4n) is 2.95. The first-order chi connectivity index (χ1) is 13.0. The van der Waals surface area contributed by atoms with Crippen LogP contribution in [0.2, 0.25) is 0 Å². The minimum absolute atomic E-state index is 0.0179. The SMILES string of the molecule is CC(NC(=O)C(C)N(C)Cc1cnn(-c2ccccc2)c1)c1ccccc1. The lowest BCUT2D eigenvalue weighted by Gasteiger charge is -2.25. The van der Waals surface area contributed by atoms with Gasteiger partial charge in [0.05, 0.1) is 24.0 Å². The van der Waals surface area contributed by atoms with Crippen molar-refractivity contribution in [3.8, 4) is 5.69 Å². The summed E-state index contributed by atoms with van der Waals surface area (Å²) < 4.78 is 1.85. The van der Waals surface area contributed by atoms with Gasteiger partial charge in [0.1, 0.15) is 0 Å². The van der Waals surface area contributed by atoms with Crippen LogP contribution in [0.25, 0.3) is 5.69 Å². The number of carbonyl (C=O) groups is 1. The molecule has 1 heterocycles. The lowest BCUT2D eigenvalue weighted by atomic mass is 10.1. The van der Waals surface area contributed by atoms with E-state index in [-0.39, 0.29) is 18.0 Å². The molecular formula is C22H26N4O. The summed E-state index contributed by atoms with van der Waals surface area (Å²) in [6.45, 7) is 4.58. The van der Waals surface area contributed by atoms with Crippen LogP contribution < -0.4 is 5.32 Å². The Kier molecular flexibility index (Phi) is 6.04. The van der Waals surface area contributed by atoms with Crippen LogP contribution in [0, 0.1) is 0 Å². The molecule has 0 spiro atoms. The van der Waals surface area contributed by atoms with E-state index in [1.54, 1.807) is 0 Å². The second-order valence-electron chi connectivity index (χ2n) is 6.86. The highest BCUT2D eigenvalue weighted by Gasteiger charge is 2.20. The van der Waals surface area contributed by atoms with Crippen LogP contribution in [-0.4, -0.2) is 33.7 Å². The van der Waals surface area contributed by atoms with E-state index < -0.39 is 0 Å². The molecule has 2 aromatic carbocycles. The summed E-state index contributed by atoms with van der Waals surface area (Å²) in [5.41, 5.74) is 3.19. The van der Waals surface area contributed by atoms with Gasteiger partial charge in [0.25, 0.3) is 0 Å². The summed E-state index contributed by atoms with van der Waals surface area (Å²) in [5.74, 6) is 0.0179. The average molecular weight is 362 g/mol. The second kappa shape index (κ2) is 8.64. The quantitative estimate of drug-likeness (QED) is 0.699. The minimum Gasteiger partial charge on any atom is -0.348 e. The summed E-state index contributed by atoms with van der Waals surface area (Å²) in [7, 11) is 1.96. The van der Waals surface area contributed by atoms with Crippen LogP contribution in [0.1, 0.15) is 31.0 Å². The monoisotopic (exact) mass is 362 g/mol. The number of amides is 1. The fourth-order valence-corrected chi connectivity index (χ4v) is 2.95. The number of likely N-dealkylation sites (N-methyl/N-ethyl adjacent to an activating group) is 1. The van der Waals surface area contributed by atoms with Gasteiger partial charge >= 0.3 is 0 Å². The number of nitrogens with zero attached hydrogens (tertiary/aromatic N) is 3. The Bertz CT molecular complexity index is 860. The van der Waals surface area contributed by atoms with Gasteiger partial charge in [-0.2, -0.15) is 5.10 Å². The Morgan fingerprint density at radius 3 is 2.37 bits per heavy atom. The van der Waals surface area contributed by atoms with Crippen LogP contribution in [0.5, 0.6) is 0 Å². The van der Waals surface area contributed by atoms with Crippen molar-refractivity contribution in [3.05, 3.63) is 84.2 Å². The molecule has 5 nitrogen and oxygen atoms in total. The van der Waals surface area contributed by atoms with Gasteiger partial charge in [-0.3, -0.25) is 9.69 Å². The first kappa shape index (κ1) is 18.9. The van der Waals surface area contributed by atoms with Gasteiger partial charge in [0.15, 0.2) is 0 Å². The molecule has 2 atom stereocenters.